The lowest BCUT2D eigenvalue weighted by Gasteiger charge is -2.18. The van der Waals surface area contributed by atoms with Gasteiger partial charge in [0.2, 0.25) is 0 Å². The molecule has 0 aromatic heterocycles. The summed E-state index contributed by atoms with van der Waals surface area (Å²) in [6.07, 6.45) is 75.3. The Hall–Kier alpha value is -3.93. The molecule has 0 spiro atoms. The van der Waals surface area contributed by atoms with Gasteiger partial charge in [0.1, 0.15) is 13.2 Å². The van der Waals surface area contributed by atoms with E-state index in [9.17, 15) is 14.4 Å². The standard InChI is InChI=1S/C62H102O6/c1-4-7-10-13-16-19-22-25-28-30-32-34-37-40-43-46-49-52-55-61(64)67-58-59(57-66-60(63)54-51-48-45-42-39-36-33-27-24-21-18-15-12-9-6-3)68-62(65)56-53-50-47-44-41-38-35-31-29-26-23-20-17-14-11-8-5-2/h8-9,11-12,17-18,20-21,26-30,33,39,42,48,51,59H,4-7,10,13-16,19,22-25,31-32,34-38,40-41,43-47,49-50,52-58H2,1-3H3/b11-8-,12-9-,20-17-,21-18-,29-26-,30-28-,33-27-,42-39-,51-48-. The molecule has 1 atom stereocenters. The van der Waals surface area contributed by atoms with Crippen LogP contribution in [0, 0.1) is 0 Å². The molecule has 0 amide bonds. The molecule has 6 nitrogen and oxygen atoms in total. The van der Waals surface area contributed by atoms with E-state index in [0.717, 1.165) is 103 Å². The number of allylic oxidation sites excluding steroid dienone is 17. The van der Waals surface area contributed by atoms with E-state index in [1.54, 1.807) is 6.08 Å². The number of esters is 3. The van der Waals surface area contributed by atoms with Crippen LogP contribution in [0.5, 0.6) is 0 Å². The zero-order valence-electron chi connectivity index (χ0n) is 44.1. The SMILES string of the molecule is CC/C=C\C/C=C\C/C=C\C/C=C\C/C=C\CC(=O)OCC(COC(=O)CCCCCCCCC/C=C\CCCCCCCCC)OC(=O)CCCCCCCCC/C=C\C/C=C\C/C=C\CC. The molecule has 0 N–H and O–H groups in total. The third-order valence-corrected chi connectivity index (χ3v) is 11.5. The third-order valence-electron chi connectivity index (χ3n) is 11.5. The van der Waals surface area contributed by atoms with Gasteiger partial charge in [0.25, 0.3) is 0 Å². The number of carbonyl (C=O) groups is 3. The maximum absolute atomic E-state index is 12.8. The van der Waals surface area contributed by atoms with Crippen molar-refractivity contribution < 1.29 is 28.6 Å². The summed E-state index contributed by atoms with van der Waals surface area (Å²) in [5, 5.41) is 0. The molecule has 0 fully saturated rings. The molecule has 0 heterocycles. The topological polar surface area (TPSA) is 78.9 Å². The normalized spacial score (nSPS) is 12.9. The van der Waals surface area contributed by atoms with Crippen molar-refractivity contribution in [3.63, 3.8) is 0 Å². The maximum atomic E-state index is 12.8. The summed E-state index contributed by atoms with van der Waals surface area (Å²) in [4.78, 5) is 38.1. The Kier molecular flexibility index (Phi) is 52.4. The summed E-state index contributed by atoms with van der Waals surface area (Å²) in [7, 11) is 0. The van der Waals surface area contributed by atoms with Gasteiger partial charge in [-0.05, 0) is 103 Å². The summed E-state index contributed by atoms with van der Waals surface area (Å²) in [6.45, 7) is 6.31. The molecule has 68 heavy (non-hydrogen) atoms. The van der Waals surface area contributed by atoms with Gasteiger partial charge in [-0.3, -0.25) is 14.4 Å². The highest BCUT2D eigenvalue weighted by Crippen LogP contribution is 2.14. The predicted molar refractivity (Wildman–Crippen MR) is 293 cm³/mol. The van der Waals surface area contributed by atoms with E-state index in [2.05, 4.69) is 118 Å². The molecule has 1 unspecified atom stereocenters. The van der Waals surface area contributed by atoms with Gasteiger partial charge < -0.3 is 14.2 Å². The predicted octanol–water partition coefficient (Wildman–Crippen LogP) is 18.7. The fourth-order valence-corrected chi connectivity index (χ4v) is 7.41. The molecular formula is C62H102O6. The first kappa shape index (κ1) is 64.1. The number of hydrogen-bond acceptors (Lipinski definition) is 6. The Bertz CT molecular complexity index is 1410. The second-order valence-electron chi connectivity index (χ2n) is 18.1. The molecule has 0 aromatic rings. The minimum Gasteiger partial charge on any atom is -0.462 e. The highest BCUT2D eigenvalue weighted by atomic mass is 16.6. The zero-order chi connectivity index (χ0) is 49.3. The van der Waals surface area contributed by atoms with E-state index >= 15 is 0 Å². The Morgan fingerprint density at radius 1 is 0.324 bits per heavy atom. The number of rotatable bonds is 49. The fourth-order valence-electron chi connectivity index (χ4n) is 7.41. The summed E-state index contributed by atoms with van der Waals surface area (Å²) in [5.41, 5.74) is 0. The molecule has 0 aliphatic rings. The van der Waals surface area contributed by atoms with E-state index in [1.165, 1.54) is 103 Å². The Labute approximate surface area is 419 Å². The molecule has 0 rings (SSSR count). The largest absolute Gasteiger partial charge is 0.462 e. The van der Waals surface area contributed by atoms with Gasteiger partial charge in [0.05, 0.1) is 6.42 Å². The number of unbranched alkanes of at least 4 members (excludes halogenated alkanes) is 21. The van der Waals surface area contributed by atoms with E-state index in [4.69, 9.17) is 14.2 Å². The Morgan fingerprint density at radius 2 is 0.632 bits per heavy atom. The molecule has 0 bridgehead atoms. The second-order valence-corrected chi connectivity index (χ2v) is 18.1. The monoisotopic (exact) mass is 943 g/mol. The lowest BCUT2D eigenvalue weighted by Crippen LogP contribution is -2.30. The van der Waals surface area contributed by atoms with Crippen LogP contribution in [-0.2, 0) is 28.6 Å². The third kappa shape index (κ3) is 53.0. The number of hydrogen-bond donors (Lipinski definition) is 0. The minimum atomic E-state index is -0.827. The average Bonchev–Trinajstić information content (AvgIpc) is 3.34. The van der Waals surface area contributed by atoms with Crippen molar-refractivity contribution in [1.29, 1.82) is 0 Å². The highest BCUT2D eigenvalue weighted by Gasteiger charge is 2.19. The fraction of sp³-hybridized carbons (Fsp3) is 0.661. The van der Waals surface area contributed by atoms with E-state index in [-0.39, 0.29) is 31.6 Å². The van der Waals surface area contributed by atoms with Crippen LogP contribution in [0.25, 0.3) is 0 Å². The highest BCUT2D eigenvalue weighted by molar-refractivity contribution is 5.72. The van der Waals surface area contributed by atoms with Gasteiger partial charge >= 0.3 is 17.9 Å². The van der Waals surface area contributed by atoms with Crippen molar-refractivity contribution in [3.8, 4) is 0 Å². The summed E-state index contributed by atoms with van der Waals surface area (Å²) >= 11 is 0. The van der Waals surface area contributed by atoms with Crippen molar-refractivity contribution in [2.45, 2.75) is 252 Å². The van der Waals surface area contributed by atoms with E-state index in [0.29, 0.717) is 12.8 Å². The van der Waals surface area contributed by atoms with Gasteiger partial charge in [-0.1, -0.05) is 233 Å². The lowest BCUT2D eigenvalue weighted by molar-refractivity contribution is -0.166. The molecule has 386 valence electrons. The Balaban J connectivity index is 4.51. The molecule has 0 aromatic carbocycles. The first-order chi connectivity index (χ1) is 33.5. The molecule has 0 radical (unpaired) electrons. The van der Waals surface area contributed by atoms with Crippen LogP contribution in [0.4, 0.5) is 0 Å². The zero-order valence-corrected chi connectivity index (χ0v) is 44.1. The Morgan fingerprint density at radius 3 is 1.04 bits per heavy atom. The molecule has 0 saturated heterocycles. The quantitative estimate of drug-likeness (QED) is 0.0262. The van der Waals surface area contributed by atoms with E-state index in [1.807, 2.05) is 6.08 Å². The first-order valence-corrected chi connectivity index (χ1v) is 27.9. The van der Waals surface area contributed by atoms with Gasteiger partial charge in [-0.15, -0.1) is 0 Å². The molecule has 6 heteroatoms. The number of carbonyl (C=O) groups excluding carboxylic acids is 3. The van der Waals surface area contributed by atoms with E-state index < -0.39 is 12.1 Å². The van der Waals surface area contributed by atoms with Gasteiger partial charge in [-0.25, -0.2) is 0 Å². The summed E-state index contributed by atoms with van der Waals surface area (Å²) < 4.78 is 16.7. The van der Waals surface area contributed by atoms with Crippen LogP contribution >= 0.6 is 0 Å². The van der Waals surface area contributed by atoms with Crippen molar-refractivity contribution in [3.05, 3.63) is 109 Å². The van der Waals surface area contributed by atoms with Crippen molar-refractivity contribution in [1.82, 2.24) is 0 Å². The molecular weight excluding hydrogens is 841 g/mol. The van der Waals surface area contributed by atoms with Crippen LogP contribution in [0.2, 0.25) is 0 Å². The summed E-state index contributed by atoms with van der Waals surface area (Å²) in [5.74, 6) is -1.06. The second kappa shape index (κ2) is 55.7. The van der Waals surface area contributed by atoms with Gasteiger partial charge in [0.15, 0.2) is 6.10 Å². The van der Waals surface area contributed by atoms with Crippen molar-refractivity contribution in [2.24, 2.45) is 0 Å². The average molecular weight is 943 g/mol. The van der Waals surface area contributed by atoms with Crippen LogP contribution in [0.3, 0.4) is 0 Å². The lowest BCUT2D eigenvalue weighted by atomic mass is 10.1. The van der Waals surface area contributed by atoms with Crippen LogP contribution < -0.4 is 0 Å². The van der Waals surface area contributed by atoms with Crippen molar-refractivity contribution in [2.75, 3.05) is 13.2 Å². The first-order valence-electron chi connectivity index (χ1n) is 27.9. The number of ether oxygens (including phenoxy) is 3. The van der Waals surface area contributed by atoms with Crippen LogP contribution in [0.15, 0.2) is 109 Å². The van der Waals surface area contributed by atoms with Crippen LogP contribution in [0.1, 0.15) is 245 Å². The summed E-state index contributed by atoms with van der Waals surface area (Å²) in [6, 6.07) is 0. The maximum Gasteiger partial charge on any atom is 0.309 e. The molecule has 0 aliphatic carbocycles. The molecule has 0 aliphatic heterocycles. The molecule has 0 saturated carbocycles. The van der Waals surface area contributed by atoms with Gasteiger partial charge in [0, 0.05) is 12.8 Å². The van der Waals surface area contributed by atoms with Crippen molar-refractivity contribution >= 4 is 17.9 Å². The van der Waals surface area contributed by atoms with Crippen LogP contribution in [-0.4, -0.2) is 37.2 Å². The van der Waals surface area contributed by atoms with Gasteiger partial charge in [-0.2, -0.15) is 0 Å². The minimum absolute atomic E-state index is 0.116. The smallest absolute Gasteiger partial charge is 0.309 e.